The van der Waals surface area contributed by atoms with Crippen LogP contribution in [0.25, 0.3) is 0 Å². The molecule has 0 aliphatic carbocycles. The monoisotopic (exact) mass is 373 g/mol. The lowest BCUT2D eigenvalue weighted by Gasteiger charge is -2.08. The van der Waals surface area contributed by atoms with Crippen molar-refractivity contribution in [3.63, 3.8) is 0 Å². The summed E-state index contributed by atoms with van der Waals surface area (Å²) >= 11 is 15.0. The molecule has 0 radical (unpaired) electrons. The van der Waals surface area contributed by atoms with Crippen molar-refractivity contribution in [3.8, 4) is 0 Å². The molecule has 4 nitrogen and oxygen atoms in total. The van der Waals surface area contributed by atoms with E-state index in [0.29, 0.717) is 27.3 Å². The van der Waals surface area contributed by atoms with Crippen LogP contribution in [0.1, 0.15) is 11.3 Å². The summed E-state index contributed by atoms with van der Waals surface area (Å²) in [5.41, 5.74) is 1.93. The summed E-state index contributed by atoms with van der Waals surface area (Å²) in [6, 6.07) is 5.10. The summed E-state index contributed by atoms with van der Waals surface area (Å²) < 4.78 is 0.772. The number of nitrogens with one attached hydrogen (secondary N) is 1. The van der Waals surface area contributed by atoms with Gasteiger partial charge in [-0.1, -0.05) is 23.2 Å². The molecule has 7 heteroatoms. The fourth-order valence-corrected chi connectivity index (χ4v) is 2.36. The van der Waals surface area contributed by atoms with Crippen LogP contribution in [0.5, 0.6) is 0 Å². The summed E-state index contributed by atoms with van der Waals surface area (Å²) in [6.07, 6.45) is 1.71. The van der Waals surface area contributed by atoms with E-state index in [2.05, 4.69) is 31.2 Å². The first-order valence-corrected chi connectivity index (χ1v) is 7.23. The van der Waals surface area contributed by atoms with Crippen LogP contribution in [0.2, 0.25) is 10.3 Å². The van der Waals surface area contributed by atoms with Crippen molar-refractivity contribution in [2.75, 3.05) is 5.32 Å². The minimum absolute atomic E-state index is 0.132. The zero-order valence-corrected chi connectivity index (χ0v) is 13.6. The molecule has 2 aromatic heterocycles. The molecule has 1 amide bonds. The maximum absolute atomic E-state index is 12.0. The molecule has 0 aromatic carbocycles. The molecule has 0 unspecified atom stereocenters. The van der Waals surface area contributed by atoms with E-state index in [4.69, 9.17) is 23.2 Å². The van der Waals surface area contributed by atoms with E-state index in [1.165, 1.54) is 0 Å². The van der Waals surface area contributed by atoms with Crippen molar-refractivity contribution >= 4 is 50.7 Å². The third-order valence-corrected chi connectivity index (χ3v) is 3.54. The predicted octanol–water partition coefficient (Wildman–Crippen LogP) is 4.04. The molecule has 20 heavy (non-hydrogen) atoms. The van der Waals surface area contributed by atoms with E-state index in [-0.39, 0.29) is 12.3 Å². The minimum atomic E-state index is -0.195. The third-order valence-electron chi connectivity index (χ3n) is 2.56. The number of nitrogens with zero attached hydrogens (tertiary/aromatic N) is 2. The molecule has 0 saturated heterocycles. The first-order valence-electron chi connectivity index (χ1n) is 5.68. The normalized spacial score (nSPS) is 10.4. The van der Waals surface area contributed by atoms with Crippen molar-refractivity contribution in [1.29, 1.82) is 0 Å². The number of amides is 1. The number of halogens is 3. The maximum atomic E-state index is 12.0. The molecule has 0 aliphatic heterocycles. The Balaban J connectivity index is 2.11. The summed E-state index contributed by atoms with van der Waals surface area (Å²) in [7, 11) is 0. The molecule has 2 rings (SSSR count). The Labute approximate surface area is 134 Å². The molecule has 2 heterocycles. The summed E-state index contributed by atoms with van der Waals surface area (Å²) in [5.74, 6) is -0.195. The predicted molar refractivity (Wildman–Crippen MR) is 83.3 cm³/mol. The summed E-state index contributed by atoms with van der Waals surface area (Å²) in [6.45, 7) is 1.77. The van der Waals surface area contributed by atoms with Gasteiger partial charge in [-0.2, -0.15) is 0 Å². The lowest BCUT2D eigenvalue weighted by molar-refractivity contribution is -0.115. The average molecular weight is 375 g/mol. The van der Waals surface area contributed by atoms with Crippen LogP contribution in [0.3, 0.4) is 0 Å². The van der Waals surface area contributed by atoms with Gasteiger partial charge in [0.25, 0.3) is 0 Å². The zero-order valence-electron chi connectivity index (χ0n) is 10.5. The van der Waals surface area contributed by atoms with Crippen LogP contribution in [-0.2, 0) is 11.2 Å². The Morgan fingerprint density at radius 1 is 1.40 bits per heavy atom. The summed E-state index contributed by atoms with van der Waals surface area (Å²) in [4.78, 5) is 20.1. The van der Waals surface area contributed by atoms with Crippen molar-refractivity contribution in [1.82, 2.24) is 9.97 Å². The van der Waals surface area contributed by atoms with E-state index in [0.717, 1.165) is 4.47 Å². The SMILES string of the molecule is Cc1nc(Cl)ccc1NC(=O)Cc1cc(Br)cnc1Cl. The largest absolute Gasteiger partial charge is 0.324 e. The fourth-order valence-electron chi connectivity index (χ4n) is 1.62. The lowest BCUT2D eigenvalue weighted by atomic mass is 10.2. The number of aryl methyl sites for hydroxylation is 1. The highest BCUT2D eigenvalue weighted by atomic mass is 79.9. The van der Waals surface area contributed by atoms with Gasteiger partial charge in [0.1, 0.15) is 10.3 Å². The number of carbonyl (C=O) groups excluding carboxylic acids is 1. The molecule has 0 aliphatic rings. The highest BCUT2D eigenvalue weighted by Gasteiger charge is 2.10. The zero-order chi connectivity index (χ0) is 14.7. The first-order chi connectivity index (χ1) is 9.45. The van der Waals surface area contributed by atoms with Gasteiger partial charge in [0.15, 0.2) is 0 Å². The maximum Gasteiger partial charge on any atom is 0.228 e. The standard InChI is InChI=1S/C13H10BrCl2N3O/c1-7-10(2-3-11(15)18-7)19-12(20)5-8-4-9(14)6-17-13(8)16/h2-4,6H,5H2,1H3,(H,19,20). The Hall–Kier alpha value is -1.17. The Morgan fingerprint density at radius 2 is 2.15 bits per heavy atom. The minimum Gasteiger partial charge on any atom is -0.324 e. The van der Waals surface area contributed by atoms with Gasteiger partial charge in [-0.3, -0.25) is 4.79 Å². The van der Waals surface area contributed by atoms with Gasteiger partial charge in [0.2, 0.25) is 5.91 Å². The van der Waals surface area contributed by atoms with Gasteiger partial charge in [-0.25, -0.2) is 9.97 Å². The number of rotatable bonds is 3. The lowest BCUT2D eigenvalue weighted by Crippen LogP contribution is -2.16. The number of aromatic nitrogens is 2. The molecule has 0 fully saturated rings. The second kappa shape index (κ2) is 6.52. The van der Waals surface area contributed by atoms with Crippen LogP contribution < -0.4 is 5.32 Å². The Kier molecular flexibility index (Phi) is 4.96. The first kappa shape index (κ1) is 15.2. The molecular weight excluding hydrogens is 365 g/mol. The van der Waals surface area contributed by atoms with Crippen LogP contribution in [0.4, 0.5) is 5.69 Å². The van der Waals surface area contributed by atoms with Gasteiger partial charge in [0, 0.05) is 10.7 Å². The number of carbonyl (C=O) groups is 1. The van der Waals surface area contributed by atoms with Gasteiger partial charge in [-0.15, -0.1) is 0 Å². The number of anilines is 1. The van der Waals surface area contributed by atoms with E-state index < -0.39 is 0 Å². The van der Waals surface area contributed by atoms with E-state index >= 15 is 0 Å². The molecule has 0 spiro atoms. The van der Waals surface area contributed by atoms with Crippen molar-refractivity contribution in [2.45, 2.75) is 13.3 Å². The molecule has 1 N–H and O–H groups in total. The topological polar surface area (TPSA) is 54.9 Å². The van der Waals surface area contributed by atoms with Crippen LogP contribution in [0, 0.1) is 6.92 Å². The molecule has 0 saturated carbocycles. The van der Waals surface area contributed by atoms with E-state index in [1.54, 1.807) is 31.3 Å². The Bertz CT molecular complexity index is 664. The van der Waals surface area contributed by atoms with Crippen LogP contribution in [0.15, 0.2) is 28.9 Å². The van der Waals surface area contributed by atoms with Crippen LogP contribution >= 0.6 is 39.1 Å². The van der Waals surface area contributed by atoms with Gasteiger partial charge in [0.05, 0.1) is 17.8 Å². The highest BCUT2D eigenvalue weighted by Crippen LogP contribution is 2.20. The second-order valence-corrected chi connectivity index (χ2v) is 5.76. The second-order valence-electron chi connectivity index (χ2n) is 4.10. The number of pyridine rings is 2. The van der Waals surface area contributed by atoms with E-state index in [1.807, 2.05) is 0 Å². The molecule has 0 bridgehead atoms. The van der Waals surface area contributed by atoms with Gasteiger partial charge in [-0.05, 0) is 46.6 Å². The average Bonchev–Trinajstić information content (AvgIpc) is 2.37. The molecule has 0 atom stereocenters. The van der Waals surface area contributed by atoms with Gasteiger partial charge < -0.3 is 5.32 Å². The van der Waals surface area contributed by atoms with Gasteiger partial charge >= 0.3 is 0 Å². The molecule has 2 aromatic rings. The quantitative estimate of drug-likeness (QED) is 0.825. The molecule has 104 valence electrons. The number of hydrogen-bond acceptors (Lipinski definition) is 3. The fraction of sp³-hybridized carbons (Fsp3) is 0.154. The Morgan fingerprint density at radius 3 is 2.85 bits per heavy atom. The van der Waals surface area contributed by atoms with E-state index in [9.17, 15) is 4.79 Å². The number of hydrogen-bond donors (Lipinski definition) is 1. The van der Waals surface area contributed by atoms with Crippen molar-refractivity contribution in [3.05, 3.63) is 50.4 Å². The highest BCUT2D eigenvalue weighted by molar-refractivity contribution is 9.10. The van der Waals surface area contributed by atoms with Crippen molar-refractivity contribution in [2.24, 2.45) is 0 Å². The third kappa shape index (κ3) is 3.91. The molecular formula is C13H10BrCl2N3O. The van der Waals surface area contributed by atoms with Crippen molar-refractivity contribution < 1.29 is 4.79 Å². The van der Waals surface area contributed by atoms with Crippen LogP contribution in [-0.4, -0.2) is 15.9 Å². The summed E-state index contributed by atoms with van der Waals surface area (Å²) in [5, 5.41) is 3.47. The smallest absolute Gasteiger partial charge is 0.228 e.